The van der Waals surface area contributed by atoms with Gasteiger partial charge in [0.1, 0.15) is 0 Å². The second kappa shape index (κ2) is 8.20. The standard InChI is InChI=1S/C15H29N3O/c1-5-6-7-8-14(4)16-9-10-17-11-12-18(13(2)3)15(17)19/h11-14,16H,5-10H2,1-4H3. The van der Waals surface area contributed by atoms with E-state index in [1.165, 1.54) is 25.7 Å². The predicted molar refractivity (Wildman–Crippen MR) is 80.7 cm³/mol. The van der Waals surface area contributed by atoms with Gasteiger partial charge in [0.25, 0.3) is 0 Å². The number of imidazole rings is 1. The van der Waals surface area contributed by atoms with E-state index in [1.807, 2.05) is 26.2 Å². The van der Waals surface area contributed by atoms with Crippen molar-refractivity contribution in [3.63, 3.8) is 0 Å². The van der Waals surface area contributed by atoms with Crippen LogP contribution in [0.3, 0.4) is 0 Å². The Balaban J connectivity index is 2.31. The third kappa shape index (κ3) is 5.23. The average molecular weight is 267 g/mol. The molecular weight excluding hydrogens is 238 g/mol. The second-order valence-electron chi connectivity index (χ2n) is 5.63. The van der Waals surface area contributed by atoms with E-state index < -0.39 is 0 Å². The molecule has 0 radical (unpaired) electrons. The molecule has 0 saturated carbocycles. The van der Waals surface area contributed by atoms with E-state index in [9.17, 15) is 4.79 Å². The summed E-state index contributed by atoms with van der Waals surface area (Å²) in [5.41, 5.74) is 0.0930. The van der Waals surface area contributed by atoms with E-state index in [0.717, 1.165) is 13.1 Å². The molecule has 1 aromatic rings. The fourth-order valence-electron chi connectivity index (χ4n) is 2.23. The van der Waals surface area contributed by atoms with Crippen LogP contribution in [-0.4, -0.2) is 21.7 Å². The van der Waals surface area contributed by atoms with Crippen LogP contribution in [0.1, 0.15) is 59.4 Å². The van der Waals surface area contributed by atoms with Gasteiger partial charge in [-0.15, -0.1) is 0 Å². The number of nitrogens with zero attached hydrogens (tertiary/aromatic N) is 2. The molecule has 0 fully saturated rings. The molecule has 0 aliphatic carbocycles. The second-order valence-corrected chi connectivity index (χ2v) is 5.63. The Morgan fingerprint density at radius 2 is 1.95 bits per heavy atom. The van der Waals surface area contributed by atoms with Crippen molar-refractivity contribution in [3.05, 3.63) is 22.9 Å². The summed E-state index contributed by atoms with van der Waals surface area (Å²) < 4.78 is 3.55. The Labute approximate surface area is 116 Å². The van der Waals surface area contributed by atoms with Crippen LogP contribution in [0, 0.1) is 0 Å². The summed E-state index contributed by atoms with van der Waals surface area (Å²) in [6.45, 7) is 10.1. The molecule has 0 amide bonds. The Morgan fingerprint density at radius 3 is 2.53 bits per heavy atom. The third-order valence-corrected chi connectivity index (χ3v) is 3.52. The van der Waals surface area contributed by atoms with Crippen LogP contribution in [0.4, 0.5) is 0 Å². The van der Waals surface area contributed by atoms with Crippen LogP contribution in [0.15, 0.2) is 17.2 Å². The van der Waals surface area contributed by atoms with Gasteiger partial charge in [0, 0.05) is 37.6 Å². The molecule has 19 heavy (non-hydrogen) atoms. The molecule has 0 aromatic carbocycles. The van der Waals surface area contributed by atoms with Gasteiger partial charge in [-0.3, -0.25) is 9.13 Å². The smallest absolute Gasteiger partial charge is 0.312 e. The van der Waals surface area contributed by atoms with Crippen LogP contribution in [0.5, 0.6) is 0 Å². The number of unbranched alkanes of at least 4 members (excludes halogenated alkanes) is 2. The molecule has 110 valence electrons. The van der Waals surface area contributed by atoms with E-state index in [-0.39, 0.29) is 11.7 Å². The van der Waals surface area contributed by atoms with Crippen LogP contribution < -0.4 is 11.0 Å². The van der Waals surface area contributed by atoms with Gasteiger partial charge in [0.05, 0.1) is 0 Å². The molecule has 1 heterocycles. The normalized spacial score (nSPS) is 13.1. The van der Waals surface area contributed by atoms with Gasteiger partial charge in [-0.05, 0) is 27.2 Å². The maximum Gasteiger partial charge on any atom is 0.328 e. The summed E-state index contributed by atoms with van der Waals surface area (Å²) in [5.74, 6) is 0. The van der Waals surface area contributed by atoms with Crippen LogP contribution in [0.2, 0.25) is 0 Å². The lowest BCUT2D eigenvalue weighted by Crippen LogP contribution is -2.33. The van der Waals surface area contributed by atoms with E-state index in [2.05, 4.69) is 19.2 Å². The number of aromatic nitrogens is 2. The lowest BCUT2D eigenvalue weighted by molar-refractivity contribution is 0.463. The lowest BCUT2D eigenvalue weighted by atomic mass is 10.1. The number of rotatable bonds is 9. The zero-order chi connectivity index (χ0) is 14.3. The molecule has 4 heteroatoms. The minimum atomic E-state index is 0.0930. The minimum Gasteiger partial charge on any atom is -0.312 e. The topological polar surface area (TPSA) is 39.0 Å². The van der Waals surface area contributed by atoms with Gasteiger partial charge < -0.3 is 5.32 Å². The quantitative estimate of drug-likeness (QED) is 0.699. The van der Waals surface area contributed by atoms with Crippen molar-refractivity contribution in [3.8, 4) is 0 Å². The summed E-state index contributed by atoms with van der Waals surface area (Å²) in [6.07, 6.45) is 8.83. The average Bonchev–Trinajstić information content (AvgIpc) is 2.71. The van der Waals surface area contributed by atoms with Gasteiger partial charge >= 0.3 is 5.69 Å². The van der Waals surface area contributed by atoms with Gasteiger partial charge in [0.15, 0.2) is 0 Å². The highest BCUT2D eigenvalue weighted by Crippen LogP contribution is 2.02. The molecule has 0 aliphatic rings. The molecule has 1 N–H and O–H groups in total. The van der Waals surface area contributed by atoms with E-state index in [1.54, 1.807) is 9.13 Å². The zero-order valence-electron chi connectivity index (χ0n) is 12.9. The van der Waals surface area contributed by atoms with Crippen LogP contribution >= 0.6 is 0 Å². The highest BCUT2D eigenvalue weighted by atomic mass is 16.1. The van der Waals surface area contributed by atoms with Crippen molar-refractivity contribution in [2.75, 3.05) is 6.54 Å². The summed E-state index contributed by atoms with van der Waals surface area (Å²) in [7, 11) is 0. The lowest BCUT2D eigenvalue weighted by Gasteiger charge is -2.13. The van der Waals surface area contributed by atoms with Crippen LogP contribution in [-0.2, 0) is 6.54 Å². The third-order valence-electron chi connectivity index (χ3n) is 3.52. The molecule has 1 unspecified atom stereocenters. The number of hydrogen-bond acceptors (Lipinski definition) is 2. The van der Waals surface area contributed by atoms with Crippen molar-refractivity contribution in [1.29, 1.82) is 0 Å². The van der Waals surface area contributed by atoms with E-state index in [0.29, 0.717) is 6.04 Å². The van der Waals surface area contributed by atoms with Crippen molar-refractivity contribution >= 4 is 0 Å². The summed E-state index contributed by atoms with van der Waals surface area (Å²) >= 11 is 0. The molecule has 0 bridgehead atoms. The van der Waals surface area contributed by atoms with E-state index >= 15 is 0 Å². The first kappa shape index (κ1) is 16.0. The van der Waals surface area contributed by atoms with Crippen molar-refractivity contribution in [2.24, 2.45) is 0 Å². The largest absolute Gasteiger partial charge is 0.328 e. The Hall–Kier alpha value is -1.03. The monoisotopic (exact) mass is 267 g/mol. The Kier molecular flexibility index (Phi) is 6.92. The number of nitrogens with one attached hydrogen (secondary N) is 1. The first-order chi connectivity index (χ1) is 9.06. The Bertz CT molecular complexity index is 406. The Morgan fingerprint density at radius 1 is 1.21 bits per heavy atom. The highest BCUT2D eigenvalue weighted by Gasteiger charge is 2.06. The summed E-state index contributed by atoms with van der Waals surface area (Å²) in [5, 5.41) is 3.49. The molecule has 0 saturated heterocycles. The molecular formula is C15H29N3O. The SMILES string of the molecule is CCCCCC(C)NCCn1ccn(C(C)C)c1=O. The minimum absolute atomic E-state index is 0.0930. The zero-order valence-corrected chi connectivity index (χ0v) is 12.9. The van der Waals surface area contributed by atoms with Gasteiger partial charge in [-0.25, -0.2) is 4.79 Å². The number of hydrogen-bond donors (Lipinski definition) is 1. The first-order valence-corrected chi connectivity index (χ1v) is 7.57. The maximum absolute atomic E-state index is 12.0. The van der Waals surface area contributed by atoms with Crippen molar-refractivity contribution in [2.45, 2.75) is 72.0 Å². The van der Waals surface area contributed by atoms with Crippen molar-refractivity contribution in [1.82, 2.24) is 14.5 Å². The summed E-state index contributed by atoms with van der Waals surface area (Å²) in [6, 6.07) is 0.768. The first-order valence-electron chi connectivity index (χ1n) is 7.57. The maximum atomic E-state index is 12.0. The highest BCUT2D eigenvalue weighted by molar-refractivity contribution is 4.83. The van der Waals surface area contributed by atoms with Crippen molar-refractivity contribution < 1.29 is 0 Å². The molecule has 0 spiro atoms. The molecule has 1 rings (SSSR count). The molecule has 1 atom stereocenters. The fraction of sp³-hybridized carbons (Fsp3) is 0.800. The molecule has 1 aromatic heterocycles. The van der Waals surface area contributed by atoms with Crippen LogP contribution in [0.25, 0.3) is 0 Å². The molecule has 4 nitrogen and oxygen atoms in total. The van der Waals surface area contributed by atoms with Gasteiger partial charge in [-0.2, -0.15) is 0 Å². The van der Waals surface area contributed by atoms with Gasteiger partial charge in [0.2, 0.25) is 0 Å². The van der Waals surface area contributed by atoms with Gasteiger partial charge in [-0.1, -0.05) is 26.2 Å². The van der Waals surface area contributed by atoms with E-state index in [4.69, 9.17) is 0 Å². The molecule has 0 aliphatic heterocycles. The summed E-state index contributed by atoms with van der Waals surface area (Å²) in [4.78, 5) is 12.0. The predicted octanol–water partition coefficient (Wildman–Crippen LogP) is 2.79. The fourth-order valence-corrected chi connectivity index (χ4v) is 2.23.